The zero-order chi connectivity index (χ0) is 23.1. The van der Waals surface area contributed by atoms with Gasteiger partial charge < -0.3 is 25.6 Å². The van der Waals surface area contributed by atoms with E-state index in [1.807, 2.05) is 30.5 Å². The normalized spacial score (nSPS) is 22.0. The Balaban J connectivity index is 1.24. The molecule has 10 nitrogen and oxygen atoms in total. The summed E-state index contributed by atoms with van der Waals surface area (Å²) in [6, 6.07) is 7.97. The van der Waals surface area contributed by atoms with Gasteiger partial charge in [0.2, 0.25) is 5.95 Å². The summed E-state index contributed by atoms with van der Waals surface area (Å²) in [4.78, 5) is 22.9. The maximum Gasteiger partial charge on any atom is 0.253 e. The molecule has 0 aliphatic carbocycles. The molecule has 2 unspecified atom stereocenters. The van der Waals surface area contributed by atoms with E-state index in [2.05, 4.69) is 30.7 Å². The molecular formula is C23H25ClN8O2. The highest BCUT2D eigenvalue weighted by Gasteiger charge is 2.34. The Morgan fingerprint density at radius 1 is 1.18 bits per heavy atom. The average Bonchev–Trinajstić information content (AvgIpc) is 3.31. The van der Waals surface area contributed by atoms with Crippen molar-refractivity contribution in [3.63, 3.8) is 0 Å². The van der Waals surface area contributed by atoms with Crippen LogP contribution in [0.2, 0.25) is 5.02 Å². The molecule has 176 valence electrons. The van der Waals surface area contributed by atoms with Crippen LogP contribution in [0.4, 0.5) is 23.1 Å². The largest absolute Gasteiger partial charge is 0.370 e. The highest BCUT2D eigenvalue weighted by atomic mass is 35.5. The first-order valence-electron chi connectivity index (χ1n) is 11.5. The van der Waals surface area contributed by atoms with Gasteiger partial charge in [-0.05, 0) is 37.2 Å². The summed E-state index contributed by atoms with van der Waals surface area (Å²) in [5.41, 5.74) is 3.15. The predicted molar refractivity (Wildman–Crippen MR) is 130 cm³/mol. The van der Waals surface area contributed by atoms with Crippen LogP contribution in [0.25, 0.3) is 11.3 Å². The number of benzene rings is 1. The first kappa shape index (κ1) is 21.3. The zero-order valence-electron chi connectivity index (χ0n) is 18.5. The van der Waals surface area contributed by atoms with Crippen LogP contribution in [0.1, 0.15) is 12.5 Å². The first-order chi connectivity index (χ1) is 16.7. The van der Waals surface area contributed by atoms with Crippen molar-refractivity contribution in [2.24, 2.45) is 5.92 Å². The smallest absolute Gasteiger partial charge is 0.253 e. The number of fused-ring (bicyclic) bond motifs is 3. The number of ether oxygens (including phenoxy) is 1. The number of carbonyl (C=O) groups is 1. The van der Waals surface area contributed by atoms with Crippen molar-refractivity contribution in [2.45, 2.75) is 12.5 Å². The van der Waals surface area contributed by atoms with Crippen molar-refractivity contribution in [3.8, 4) is 11.3 Å². The standard InChI is InChI=1S/C23H25ClN8O2/c24-18-12-27-23(29-15-1-3-16(4-2-15)31-7-8-34-13-20(31)33)30-21(18)17-11-28-32-19-5-6-25-9-14(19)10-26-22(17)32/h1-4,11-12,14,19,25-26H,5-10,13H2,(H,27,29,30). The van der Waals surface area contributed by atoms with Gasteiger partial charge in [0.05, 0.1) is 41.3 Å². The Bertz CT molecular complexity index is 1210. The zero-order valence-corrected chi connectivity index (χ0v) is 19.3. The lowest BCUT2D eigenvalue weighted by molar-refractivity contribution is -0.125. The minimum Gasteiger partial charge on any atom is -0.370 e. The highest BCUT2D eigenvalue weighted by Crippen LogP contribution is 2.39. The van der Waals surface area contributed by atoms with E-state index in [0.717, 1.165) is 48.8 Å². The second-order valence-corrected chi connectivity index (χ2v) is 9.12. The third kappa shape index (κ3) is 3.87. The van der Waals surface area contributed by atoms with Crippen molar-refractivity contribution >= 4 is 40.6 Å². The summed E-state index contributed by atoms with van der Waals surface area (Å²) in [6.45, 7) is 4.09. The molecular weight excluding hydrogens is 456 g/mol. The molecule has 6 rings (SSSR count). The fraction of sp³-hybridized carbons (Fsp3) is 0.391. The molecule has 2 saturated heterocycles. The van der Waals surface area contributed by atoms with Crippen LogP contribution in [0.5, 0.6) is 0 Å². The summed E-state index contributed by atoms with van der Waals surface area (Å²) in [7, 11) is 0. The molecule has 0 radical (unpaired) electrons. The number of hydrogen-bond donors (Lipinski definition) is 3. The third-order valence-corrected chi connectivity index (χ3v) is 6.91. The van der Waals surface area contributed by atoms with Crippen molar-refractivity contribution < 1.29 is 9.53 Å². The molecule has 0 bridgehead atoms. The van der Waals surface area contributed by atoms with Gasteiger partial charge in [0.1, 0.15) is 12.4 Å². The molecule has 11 heteroatoms. The number of nitrogens with zero attached hydrogens (tertiary/aromatic N) is 5. The number of aromatic nitrogens is 4. The second-order valence-electron chi connectivity index (χ2n) is 8.71. The van der Waals surface area contributed by atoms with Crippen LogP contribution in [0.3, 0.4) is 0 Å². The molecule has 2 fully saturated rings. The lowest BCUT2D eigenvalue weighted by Gasteiger charge is -2.37. The van der Waals surface area contributed by atoms with Gasteiger partial charge in [-0.15, -0.1) is 0 Å². The van der Waals surface area contributed by atoms with E-state index < -0.39 is 0 Å². The van der Waals surface area contributed by atoms with Gasteiger partial charge in [0.15, 0.2) is 0 Å². The fourth-order valence-electron chi connectivity index (χ4n) is 4.89. The van der Waals surface area contributed by atoms with E-state index in [4.69, 9.17) is 21.3 Å². The van der Waals surface area contributed by atoms with E-state index in [0.29, 0.717) is 41.8 Å². The minimum atomic E-state index is -0.0356. The van der Waals surface area contributed by atoms with Crippen LogP contribution in [-0.2, 0) is 9.53 Å². The van der Waals surface area contributed by atoms with E-state index in [1.165, 1.54) is 0 Å². The Morgan fingerprint density at radius 3 is 2.91 bits per heavy atom. The molecule has 34 heavy (non-hydrogen) atoms. The maximum atomic E-state index is 12.1. The van der Waals surface area contributed by atoms with Gasteiger partial charge >= 0.3 is 0 Å². The number of morpholine rings is 1. The van der Waals surface area contributed by atoms with Crippen molar-refractivity contribution in [1.82, 2.24) is 25.1 Å². The SMILES string of the molecule is O=C1COCCN1c1ccc(Nc2ncc(Cl)c(-c3cnn4c3NCC3CNCCC34)n2)cc1. The van der Waals surface area contributed by atoms with E-state index >= 15 is 0 Å². The second kappa shape index (κ2) is 8.86. The molecule has 3 N–H and O–H groups in total. The molecule has 1 amide bonds. The van der Waals surface area contributed by atoms with Crippen LogP contribution >= 0.6 is 11.6 Å². The summed E-state index contributed by atoms with van der Waals surface area (Å²) in [5, 5.41) is 15.4. The van der Waals surface area contributed by atoms with Gasteiger partial charge in [-0.25, -0.2) is 14.6 Å². The van der Waals surface area contributed by atoms with E-state index in [9.17, 15) is 4.79 Å². The molecule has 1 aromatic carbocycles. The topological polar surface area (TPSA) is 109 Å². The number of rotatable bonds is 4. The third-order valence-electron chi connectivity index (χ3n) is 6.63. The van der Waals surface area contributed by atoms with Crippen molar-refractivity contribution in [1.29, 1.82) is 0 Å². The lowest BCUT2D eigenvalue weighted by atomic mass is 9.91. The monoisotopic (exact) mass is 480 g/mol. The molecule has 5 heterocycles. The quantitative estimate of drug-likeness (QED) is 0.523. The summed E-state index contributed by atoms with van der Waals surface area (Å²) in [6.07, 6.45) is 4.49. The summed E-state index contributed by atoms with van der Waals surface area (Å²) < 4.78 is 7.29. The van der Waals surface area contributed by atoms with E-state index in [-0.39, 0.29) is 12.5 Å². The molecule has 3 aliphatic rings. The highest BCUT2D eigenvalue weighted by molar-refractivity contribution is 6.33. The van der Waals surface area contributed by atoms with Crippen LogP contribution < -0.4 is 20.9 Å². The summed E-state index contributed by atoms with van der Waals surface area (Å²) >= 11 is 6.52. The minimum absolute atomic E-state index is 0.0356. The number of hydrogen-bond acceptors (Lipinski definition) is 8. The molecule has 3 aromatic rings. The number of carbonyl (C=O) groups excluding carboxylic acids is 1. The molecule has 0 saturated carbocycles. The molecule has 2 atom stereocenters. The van der Waals surface area contributed by atoms with E-state index in [1.54, 1.807) is 11.1 Å². The Labute approximate surface area is 201 Å². The number of piperidine rings is 1. The van der Waals surface area contributed by atoms with Crippen LogP contribution in [-0.4, -0.2) is 65.0 Å². The van der Waals surface area contributed by atoms with Crippen molar-refractivity contribution in [3.05, 3.63) is 41.7 Å². The molecule has 0 spiro atoms. The van der Waals surface area contributed by atoms with Gasteiger partial charge in [0.25, 0.3) is 5.91 Å². The number of nitrogens with one attached hydrogen (secondary N) is 3. The Kier molecular flexibility index (Phi) is 5.56. The van der Waals surface area contributed by atoms with Crippen LogP contribution in [0.15, 0.2) is 36.7 Å². The first-order valence-corrected chi connectivity index (χ1v) is 11.9. The number of halogens is 1. The fourth-order valence-corrected chi connectivity index (χ4v) is 5.08. The lowest BCUT2D eigenvalue weighted by Crippen LogP contribution is -2.44. The Hall–Kier alpha value is -3.21. The summed E-state index contributed by atoms with van der Waals surface area (Å²) in [5.74, 6) is 1.87. The number of anilines is 4. The molecule has 2 aromatic heterocycles. The van der Waals surface area contributed by atoms with Gasteiger partial charge in [-0.2, -0.15) is 5.10 Å². The van der Waals surface area contributed by atoms with Crippen molar-refractivity contribution in [2.75, 3.05) is 54.9 Å². The van der Waals surface area contributed by atoms with Gasteiger partial charge in [-0.1, -0.05) is 11.6 Å². The van der Waals surface area contributed by atoms with Gasteiger partial charge in [0, 0.05) is 36.9 Å². The predicted octanol–water partition coefficient (Wildman–Crippen LogP) is 2.68. The van der Waals surface area contributed by atoms with Crippen LogP contribution in [0, 0.1) is 5.92 Å². The average molecular weight is 481 g/mol. The molecule has 3 aliphatic heterocycles. The number of amides is 1. The maximum absolute atomic E-state index is 12.1. The Morgan fingerprint density at radius 2 is 2.06 bits per heavy atom. The van der Waals surface area contributed by atoms with Gasteiger partial charge in [-0.3, -0.25) is 4.79 Å².